The van der Waals surface area contributed by atoms with Crippen LogP contribution in [-0.2, 0) is 5.60 Å². The minimum absolute atomic E-state index is 0.282. The van der Waals surface area contributed by atoms with Gasteiger partial charge in [-0.05, 0) is 19.1 Å². The van der Waals surface area contributed by atoms with Crippen molar-refractivity contribution in [2.75, 3.05) is 19.0 Å². The van der Waals surface area contributed by atoms with E-state index in [-0.39, 0.29) is 5.56 Å². The molecule has 1 N–H and O–H groups in total. The SMILES string of the molecule is CC#CC(O)(c1cccc(N(C)C)c1)C(F)(F)F. The Labute approximate surface area is 104 Å². The van der Waals surface area contributed by atoms with Crippen molar-refractivity contribution in [2.45, 2.75) is 18.7 Å². The van der Waals surface area contributed by atoms with Crippen molar-refractivity contribution in [3.8, 4) is 11.8 Å². The topological polar surface area (TPSA) is 23.5 Å². The minimum Gasteiger partial charge on any atom is -0.378 e. The summed E-state index contributed by atoms with van der Waals surface area (Å²) in [6.07, 6.45) is -4.85. The molecule has 5 heteroatoms. The van der Waals surface area contributed by atoms with Gasteiger partial charge in [-0.2, -0.15) is 13.2 Å². The summed E-state index contributed by atoms with van der Waals surface area (Å²) in [6, 6.07) is 5.60. The van der Waals surface area contributed by atoms with Gasteiger partial charge >= 0.3 is 6.18 Å². The maximum atomic E-state index is 12.9. The fourth-order valence-corrected chi connectivity index (χ4v) is 1.50. The monoisotopic (exact) mass is 257 g/mol. The first-order chi connectivity index (χ1) is 8.22. The molecule has 98 valence electrons. The number of benzene rings is 1. The maximum Gasteiger partial charge on any atom is 0.433 e. The third-order valence-electron chi connectivity index (χ3n) is 2.50. The zero-order chi connectivity index (χ0) is 14.0. The van der Waals surface area contributed by atoms with Gasteiger partial charge in [-0.1, -0.05) is 18.1 Å². The van der Waals surface area contributed by atoms with Crippen LogP contribution in [0.2, 0.25) is 0 Å². The molecule has 0 aromatic heterocycles. The van der Waals surface area contributed by atoms with Crippen LogP contribution in [0.25, 0.3) is 0 Å². The molecule has 1 rings (SSSR count). The number of alkyl halides is 3. The molecular formula is C13H14F3NO. The fourth-order valence-electron chi connectivity index (χ4n) is 1.50. The van der Waals surface area contributed by atoms with Crippen LogP contribution >= 0.6 is 0 Å². The second-order valence-corrected chi connectivity index (χ2v) is 4.03. The molecule has 1 atom stereocenters. The summed E-state index contributed by atoms with van der Waals surface area (Å²) in [7, 11) is 3.41. The third-order valence-corrected chi connectivity index (χ3v) is 2.50. The molecule has 0 saturated carbocycles. The largest absolute Gasteiger partial charge is 0.433 e. The lowest BCUT2D eigenvalue weighted by Crippen LogP contribution is -2.41. The van der Waals surface area contributed by atoms with E-state index in [0.29, 0.717) is 5.69 Å². The summed E-state index contributed by atoms with van der Waals surface area (Å²) >= 11 is 0. The first-order valence-electron chi connectivity index (χ1n) is 5.23. The van der Waals surface area contributed by atoms with E-state index in [1.165, 1.54) is 25.1 Å². The van der Waals surface area contributed by atoms with Crippen molar-refractivity contribution in [3.63, 3.8) is 0 Å². The lowest BCUT2D eigenvalue weighted by molar-refractivity contribution is -0.240. The van der Waals surface area contributed by atoms with Gasteiger partial charge in [0.2, 0.25) is 5.60 Å². The summed E-state index contributed by atoms with van der Waals surface area (Å²) in [5.74, 6) is 3.97. The van der Waals surface area contributed by atoms with E-state index < -0.39 is 11.8 Å². The first kappa shape index (κ1) is 14.4. The summed E-state index contributed by atoms with van der Waals surface area (Å²) in [5, 5.41) is 9.81. The normalized spacial score (nSPS) is 14.4. The highest BCUT2D eigenvalue weighted by molar-refractivity contribution is 5.50. The Balaban J connectivity index is 3.39. The molecule has 0 heterocycles. The van der Waals surface area contributed by atoms with Gasteiger partial charge < -0.3 is 10.0 Å². The van der Waals surface area contributed by atoms with Crippen molar-refractivity contribution in [3.05, 3.63) is 29.8 Å². The number of nitrogens with zero attached hydrogens (tertiary/aromatic N) is 1. The molecule has 0 aliphatic carbocycles. The zero-order valence-corrected chi connectivity index (χ0v) is 10.3. The molecule has 1 unspecified atom stereocenters. The predicted molar refractivity (Wildman–Crippen MR) is 64.2 cm³/mol. The van der Waals surface area contributed by atoms with Gasteiger partial charge in [0.05, 0.1) is 0 Å². The van der Waals surface area contributed by atoms with Crippen LogP contribution in [0.15, 0.2) is 24.3 Å². The zero-order valence-electron chi connectivity index (χ0n) is 10.3. The lowest BCUT2D eigenvalue weighted by atomic mass is 9.93. The molecule has 18 heavy (non-hydrogen) atoms. The summed E-state index contributed by atoms with van der Waals surface area (Å²) in [4.78, 5) is 1.65. The first-order valence-corrected chi connectivity index (χ1v) is 5.23. The predicted octanol–water partition coefficient (Wildman–Crippen LogP) is 2.53. The van der Waals surface area contributed by atoms with Gasteiger partial charge in [0, 0.05) is 25.3 Å². The quantitative estimate of drug-likeness (QED) is 0.823. The molecule has 1 aromatic rings. The molecule has 0 radical (unpaired) electrons. The van der Waals surface area contributed by atoms with Crippen LogP contribution in [0.1, 0.15) is 12.5 Å². The number of hydrogen-bond donors (Lipinski definition) is 1. The smallest absolute Gasteiger partial charge is 0.378 e. The van der Waals surface area contributed by atoms with Gasteiger partial charge in [0.15, 0.2) is 0 Å². The van der Waals surface area contributed by atoms with Crippen LogP contribution in [0.4, 0.5) is 18.9 Å². The van der Waals surface area contributed by atoms with Gasteiger partial charge in [-0.25, -0.2) is 0 Å². The van der Waals surface area contributed by atoms with Gasteiger partial charge in [-0.3, -0.25) is 0 Å². The van der Waals surface area contributed by atoms with Gasteiger partial charge in [0.1, 0.15) is 0 Å². The van der Waals surface area contributed by atoms with E-state index in [4.69, 9.17) is 0 Å². The molecule has 0 saturated heterocycles. The van der Waals surface area contributed by atoms with Crippen LogP contribution in [-0.4, -0.2) is 25.4 Å². The van der Waals surface area contributed by atoms with Crippen molar-refractivity contribution < 1.29 is 18.3 Å². The van der Waals surface area contributed by atoms with Crippen LogP contribution in [0, 0.1) is 11.8 Å². The summed E-state index contributed by atoms with van der Waals surface area (Å²) in [5.41, 5.74) is -2.85. The van der Waals surface area contributed by atoms with E-state index >= 15 is 0 Å². The molecule has 0 amide bonds. The van der Waals surface area contributed by atoms with Crippen LogP contribution < -0.4 is 4.90 Å². The number of anilines is 1. The number of halogens is 3. The molecule has 0 fully saturated rings. The molecular weight excluding hydrogens is 243 g/mol. The summed E-state index contributed by atoms with van der Waals surface area (Å²) < 4.78 is 38.8. The van der Waals surface area contributed by atoms with Gasteiger partial charge in [-0.15, -0.1) is 5.92 Å². The summed E-state index contributed by atoms with van der Waals surface area (Å²) in [6.45, 7) is 1.26. The molecule has 2 nitrogen and oxygen atoms in total. The highest BCUT2D eigenvalue weighted by Gasteiger charge is 2.54. The Bertz CT molecular complexity index is 485. The second kappa shape index (κ2) is 4.91. The Kier molecular flexibility index (Phi) is 3.92. The van der Waals surface area contributed by atoms with E-state index in [9.17, 15) is 18.3 Å². The van der Waals surface area contributed by atoms with E-state index in [1.807, 2.05) is 5.92 Å². The van der Waals surface area contributed by atoms with E-state index in [2.05, 4.69) is 5.92 Å². The Morgan fingerprint density at radius 1 is 1.22 bits per heavy atom. The standard InChI is InChI=1S/C13H14F3NO/c1-4-8-12(18,13(14,15)16)10-6-5-7-11(9-10)17(2)3/h5-7,9,18H,1-3H3. The number of rotatable bonds is 2. The Morgan fingerprint density at radius 2 is 1.83 bits per heavy atom. The Morgan fingerprint density at radius 3 is 2.28 bits per heavy atom. The molecule has 0 aliphatic heterocycles. The highest BCUT2D eigenvalue weighted by atomic mass is 19.4. The van der Waals surface area contributed by atoms with Crippen molar-refractivity contribution in [1.82, 2.24) is 0 Å². The second-order valence-electron chi connectivity index (χ2n) is 4.03. The van der Waals surface area contributed by atoms with E-state index in [1.54, 1.807) is 25.1 Å². The lowest BCUT2D eigenvalue weighted by Gasteiger charge is -2.26. The molecule has 0 spiro atoms. The maximum absolute atomic E-state index is 12.9. The fraction of sp³-hybridized carbons (Fsp3) is 0.385. The molecule has 1 aromatic carbocycles. The van der Waals surface area contributed by atoms with E-state index in [0.717, 1.165) is 0 Å². The number of aliphatic hydroxyl groups is 1. The van der Waals surface area contributed by atoms with Crippen molar-refractivity contribution in [1.29, 1.82) is 0 Å². The average Bonchev–Trinajstić information content (AvgIpc) is 2.28. The van der Waals surface area contributed by atoms with Crippen LogP contribution in [0.3, 0.4) is 0 Å². The minimum atomic E-state index is -4.85. The van der Waals surface area contributed by atoms with Crippen LogP contribution in [0.5, 0.6) is 0 Å². The number of hydrogen-bond acceptors (Lipinski definition) is 2. The molecule has 0 aliphatic rings. The molecule has 0 bridgehead atoms. The van der Waals surface area contributed by atoms with Gasteiger partial charge in [0.25, 0.3) is 0 Å². The van der Waals surface area contributed by atoms with Crippen molar-refractivity contribution in [2.24, 2.45) is 0 Å². The third kappa shape index (κ3) is 2.59. The Hall–Kier alpha value is -1.67. The highest BCUT2D eigenvalue weighted by Crippen LogP contribution is 2.39. The average molecular weight is 257 g/mol. The van der Waals surface area contributed by atoms with Crippen molar-refractivity contribution >= 4 is 5.69 Å².